The molecule has 0 radical (unpaired) electrons. The van der Waals surface area contributed by atoms with Gasteiger partial charge in [-0.2, -0.15) is 13.2 Å². The van der Waals surface area contributed by atoms with Gasteiger partial charge in [-0.05, 0) is 35.4 Å². The number of amides is 2. The van der Waals surface area contributed by atoms with Crippen LogP contribution in [0.15, 0.2) is 42.5 Å². The SMILES string of the molecule is COC1CC2C(=O)Nc3ccc(-c4cccc(C(F)(F)F)c4)cc3C(=O)N2C1. The van der Waals surface area contributed by atoms with E-state index in [2.05, 4.69) is 5.32 Å². The van der Waals surface area contributed by atoms with E-state index in [-0.39, 0.29) is 23.5 Å². The van der Waals surface area contributed by atoms with Gasteiger partial charge in [0.05, 0.1) is 22.9 Å². The molecule has 2 heterocycles. The van der Waals surface area contributed by atoms with Gasteiger partial charge in [0.25, 0.3) is 5.91 Å². The number of anilines is 1. The van der Waals surface area contributed by atoms with Crippen molar-refractivity contribution >= 4 is 17.5 Å². The first kappa shape index (κ1) is 18.5. The largest absolute Gasteiger partial charge is 0.416 e. The maximum absolute atomic E-state index is 13.0. The van der Waals surface area contributed by atoms with Crippen molar-refractivity contribution in [1.82, 2.24) is 4.90 Å². The van der Waals surface area contributed by atoms with Crippen LogP contribution in [0.4, 0.5) is 18.9 Å². The fourth-order valence-corrected chi connectivity index (χ4v) is 3.70. The highest BCUT2D eigenvalue weighted by atomic mass is 19.4. The maximum Gasteiger partial charge on any atom is 0.416 e. The van der Waals surface area contributed by atoms with Crippen LogP contribution >= 0.6 is 0 Å². The van der Waals surface area contributed by atoms with Crippen molar-refractivity contribution < 1.29 is 27.5 Å². The second-order valence-electron chi connectivity index (χ2n) is 6.89. The Labute approximate surface area is 159 Å². The Morgan fingerprint density at radius 2 is 1.86 bits per heavy atom. The lowest BCUT2D eigenvalue weighted by Gasteiger charge is -2.20. The number of carbonyl (C=O) groups is 2. The first-order valence-electron chi connectivity index (χ1n) is 8.74. The summed E-state index contributed by atoms with van der Waals surface area (Å²) >= 11 is 0. The normalized spacial score (nSPS) is 21.8. The molecule has 1 N–H and O–H groups in total. The fraction of sp³-hybridized carbons (Fsp3) is 0.300. The van der Waals surface area contributed by atoms with Gasteiger partial charge >= 0.3 is 6.18 Å². The van der Waals surface area contributed by atoms with Gasteiger partial charge < -0.3 is 15.0 Å². The highest BCUT2D eigenvalue weighted by molar-refractivity contribution is 6.10. The van der Waals surface area contributed by atoms with E-state index in [4.69, 9.17) is 4.74 Å². The number of ether oxygens (including phenoxy) is 1. The number of rotatable bonds is 2. The fourth-order valence-electron chi connectivity index (χ4n) is 3.70. The molecular weight excluding hydrogens is 373 g/mol. The molecule has 2 aliphatic heterocycles. The van der Waals surface area contributed by atoms with Gasteiger partial charge in [0.2, 0.25) is 5.91 Å². The van der Waals surface area contributed by atoms with Crippen LogP contribution in [0.25, 0.3) is 11.1 Å². The van der Waals surface area contributed by atoms with E-state index in [1.165, 1.54) is 24.1 Å². The molecule has 1 fully saturated rings. The van der Waals surface area contributed by atoms with Crippen LogP contribution in [-0.4, -0.2) is 42.5 Å². The molecule has 2 aromatic rings. The predicted octanol–water partition coefficient (Wildman–Crippen LogP) is 3.55. The van der Waals surface area contributed by atoms with E-state index >= 15 is 0 Å². The summed E-state index contributed by atoms with van der Waals surface area (Å²) < 4.78 is 44.3. The molecule has 2 aromatic carbocycles. The second kappa shape index (κ2) is 6.63. The summed E-state index contributed by atoms with van der Waals surface area (Å²) in [5.74, 6) is -0.634. The third kappa shape index (κ3) is 3.13. The first-order valence-corrected chi connectivity index (χ1v) is 8.74. The molecule has 28 heavy (non-hydrogen) atoms. The van der Waals surface area contributed by atoms with Crippen molar-refractivity contribution in [2.45, 2.75) is 24.7 Å². The van der Waals surface area contributed by atoms with Crippen LogP contribution in [-0.2, 0) is 15.7 Å². The van der Waals surface area contributed by atoms with E-state index in [9.17, 15) is 22.8 Å². The van der Waals surface area contributed by atoms with Gasteiger partial charge in [0.15, 0.2) is 0 Å². The minimum Gasteiger partial charge on any atom is -0.380 e. The lowest BCUT2D eigenvalue weighted by atomic mass is 9.99. The van der Waals surface area contributed by atoms with Crippen LogP contribution < -0.4 is 5.32 Å². The van der Waals surface area contributed by atoms with E-state index in [1.807, 2.05) is 0 Å². The average molecular weight is 390 g/mol. The molecule has 5 nitrogen and oxygen atoms in total. The summed E-state index contributed by atoms with van der Waals surface area (Å²) in [6.07, 6.45) is -4.28. The quantitative estimate of drug-likeness (QED) is 0.853. The Hall–Kier alpha value is -2.87. The zero-order valence-corrected chi connectivity index (χ0v) is 14.9. The molecule has 0 saturated carbocycles. The van der Waals surface area contributed by atoms with Crippen LogP contribution in [0.1, 0.15) is 22.3 Å². The van der Waals surface area contributed by atoms with Crippen LogP contribution in [0.5, 0.6) is 0 Å². The molecule has 0 bridgehead atoms. The Kier molecular flexibility index (Phi) is 4.38. The van der Waals surface area contributed by atoms with Gasteiger partial charge in [-0.1, -0.05) is 18.2 Å². The minimum absolute atomic E-state index is 0.229. The Balaban J connectivity index is 1.74. The molecule has 146 valence electrons. The van der Waals surface area contributed by atoms with Crippen molar-refractivity contribution in [3.05, 3.63) is 53.6 Å². The van der Waals surface area contributed by atoms with E-state index in [1.54, 1.807) is 18.2 Å². The molecule has 2 unspecified atom stereocenters. The third-order valence-electron chi connectivity index (χ3n) is 5.19. The molecule has 2 atom stereocenters. The van der Waals surface area contributed by atoms with E-state index in [0.29, 0.717) is 29.8 Å². The summed E-state index contributed by atoms with van der Waals surface area (Å²) in [6.45, 7) is 0.292. The standard InChI is InChI=1S/C20H17F3N2O3/c1-28-14-9-17-18(26)24-16-6-5-12(8-15(16)19(27)25(17)10-14)11-3-2-4-13(7-11)20(21,22)23/h2-8,14,17H,9-10H2,1H3,(H,24,26). The number of benzene rings is 2. The average Bonchev–Trinajstić information content (AvgIpc) is 3.08. The van der Waals surface area contributed by atoms with Gasteiger partial charge in [0.1, 0.15) is 6.04 Å². The van der Waals surface area contributed by atoms with Gasteiger partial charge in [-0.3, -0.25) is 9.59 Å². The van der Waals surface area contributed by atoms with E-state index < -0.39 is 17.8 Å². The summed E-state index contributed by atoms with van der Waals surface area (Å²) in [6, 6.07) is 8.97. The van der Waals surface area contributed by atoms with Gasteiger partial charge in [0, 0.05) is 20.1 Å². The molecule has 2 amide bonds. The lowest BCUT2D eigenvalue weighted by molar-refractivity contribution is -0.137. The highest BCUT2D eigenvalue weighted by Gasteiger charge is 2.43. The number of nitrogens with one attached hydrogen (secondary N) is 1. The maximum atomic E-state index is 13.0. The molecule has 0 spiro atoms. The van der Waals surface area contributed by atoms with Crippen molar-refractivity contribution in [3.63, 3.8) is 0 Å². The summed E-state index contributed by atoms with van der Waals surface area (Å²) in [5.41, 5.74) is 0.654. The van der Waals surface area contributed by atoms with Crippen LogP contribution in [0.3, 0.4) is 0 Å². The third-order valence-corrected chi connectivity index (χ3v) is 5.19. The predicted molar refractivity (Wildman–Crippen MR) is 95.7 cm³/mol. The van der Waals surface area contributed by atoms with Crippen LogP contribution in [0.2, 0.25) is 0 Å². The molecule has 0 aromatic heterocycles. The number of fused-ring (bicyclic) bond motifs is 2. The summed E-state index contributed by atoms with van der Waals surface area (Å²) in [4.78, 5) is 27.0. The first-order chi connectivity index (χ1) is 13.3. The van der Waals surface area contributed by atoms with Crippen molar-refractivity contribution in [1.29, 1.82) is 0 Å². The van der Waals surface area contributed by atoms with Gasteiger partial charge in [-0.25, -0.2) is 0 Å². The molecule has 8 heteroatoms. The number of hydrogen-bond acceptors (Lipinski definition) is 3. The Morgan fingerprint density at radius 1 is 1.11 bits per heavy atom. The van der Waals surface area contributed by atoms with E-state index in [0.717, 1.165) is 12.1 Å². The molecule has 0 aliphatic carbocycles. The highest BCUT2D eigenvalue weighted by Crippen LogP contribution is 2.35. The van der Waals surface area contributed by atoms with Crippen LogP contribution in [0, 0.1) is 0 Å². The minimum atomic E-state index is -4.45. The number of halogens is 3. The topological polar surface area (TPSA) is 58.6 Å². The number of hydrogen-bond donors (Lipinski definition) is 1. The molecule has 2 aliphatic rings. The summed E-state index contributed by atoms with van der Waals surface area (Å²) in [7, 11) is 1.53. The zero-order chi connectivity index (χ0) is 20.1. The number of nitrogens with zero attached hydrogens (tertiary/aromatic N) is 1. The molecular formula is C20H17F3N2O3. The monoisotopic (exact) mass is 390 g/mol. The van der Waals surface area contributed by atoms with Crippen molar-refractivity contribution in [2.24, 2.45) is 0 Å². The second-order valence-corrected chi connectivity index (χ2v) is 6.89. The molecule has 4 rings (SSSR count). The lowest BCUT2D eigenvalue weighted by Crippen LogP contribution is -2.40. The van der Waals surface area contributed by atoms with Gasteiger partial charge in [-0.15, -0.1) is 0 Å². The number of carbonyl (C=O) groups excluding carboxylic acids is 2. The smallest absolute Gasteiger partial charge is 0.380 e. The number of alkyl halides is 3. The summed E-state index contributed by atoms with van der Waals surface area (Å²) in [5, 5.41) is 2.75. The number of methoxy groups -OCH3 is 1. The molecule has 1 saturated heterocycles. The Morgan fingerprint density at radius 3 is 2.57 bits per heavy atom. The Bertz CT molecular complexity index is 958. The zero-order valence-electron chi connectivity index (χ0n) is 14.9. The van der Waals surface area contributed by atoms with Crippen molar-refractivity contribution in [3.8, 4) is 11.1 Å². The van der Waals surface area contributed by atoms with Crippen molar-refractivity contribution in [2.75, 3.05) is 19.0 Å².